The molecule has 0 saturated carbocycles. The Morgan fingerprint density at radius 1 is 1.38 bits per heavy atom. The van der Waals surface area contributed by atoms with Crippen LogP contribution < -0.4 is 5.32 Å². The van der Waals surface area contributed by atoms with Crippen LogP contribution in [0, 0.1) is 6.92 Å². The zero-order valence-electron chi connectivity index (χ0n) is 10.3. The normalized spacial score (nSPS) is 24.9. The Morgan fingerprint density at radius 3 is 2.88 bits per heavy atom. The van der Waals surface area contributed by atoms with Crippen molar-refractivity contribution in [1.29, 1.82) is 0 Å². The Bertz CT molecular complexity index is 342. The molecule has 2 nitrogen and oxygen atoms in total. The molecule has 1 atom stereocenters. The minimum Gasteiger partial charge on any atom is -0.374 e. The molecule has 88 valence electrons. The van der Waals surface area contributed by atoms with E-state index in [2.05, 4.69) is 43.4 Å². The summed E-state index contributed by atoms with van der Waals surface area (Å²) in [7, 11) is 0. The maximum atomic E-state index is 5.75. The number of ether oxygens (including phenoxy) is 1. The first kappa shape index (κ1) is 11.6. The van der Waals surface area contributed by atoms with Crippen molar-refractivity contribution in [2.75, 3.05) is 13.2 Å². The van der Waals surface area contributed by atoms with Gasteiger partial charge in [0.1, 0.15) is 0 Å². The Hall–Kier alpha value is -0.860. The molecular formula is C14H21NO. The maximum absolute atomic E-state index is 5.75. The molecule has 1 saturated heterocycles. The smallest absolute Gasteiger partial charge is 0.0779 e. The molecule has 0 bridgehead atoms. The highest BCUT2D eigenvalue weighted by atomic mass is 16.5. The van der Waals surface area contributed by atoms with Gasteiger partial charge in [-0.15, -0.1) is 0 Å². The van der Waals surface area contributed by atoms with Gasteiger partial charge < -0.3 is 10.1 Å². The van der Waals surface area contributed by atoms with Crippen LogP contribution >= 0.6 is 0 Å². The van der Waals surface area contributed by atoms with Crippen molar-refractivity contribution < 1.29 is 4.74 Å². The quantitative estimate of drug-likeness (QED) is 0.840. The minimum absolute atomic E-state index is 0.0582. The third-order valence-electron chi connectivity index (χ3n) is 3.38. The van der Waals surface area contributed by atoms with Gasteiger partial charge in [0.25, 0.3) is 0 Å². The predicted octanol–water partition coefficient (Wildman–Crippen LogP) is 2.65. The number of nitrogens with one attached hydrogen (secondary N) is 1. The molecule has 2 rings (SSSR count). The molecule has 1 aromatic rings. The summed E-state index contributed by atoms with van der Waals surface area (Å²) in [6.07, 6.45) is 2.37. The molecule has 1 aliphatic heterocycles. The van der Waals surface area contributed by atoms with Gasteiger partial charge in [-0.1, -0.05) is 24.3 Å². The lowest BCUT2D eigenvalue weighted by atomic mass is 10.0. The highest BCUT2D eigenvalue weighted by molar-refractivity contribution is 5.25. The number of hydrogen-bond acceptors (Lipinski definition) is 2. The second kappa shape index (κ2) is 4.98. The molecule has 1 unspecified atom stereocenters. The van der Waals surface area contributed by atoms with Gasteiger partial charge >= 0.3 is 0 Å². The molecule has 1 fully saturated rings. The molecule has 16 heavy (non-hydrogen) atoms. The Labute approximate surface area is 98.0 Å². The van der Waals surface area contributed by atoms with Gasteiger partial charge in [-0.2, -0.15) is 0 Å². The summed E-state index contributed by atoms with van der Waals surface area (Å²) < 4.78 is 5.75. The van der Waals surface area contributed by atoms with Crippen LogP contribution in [0.1, 0.15) is 30.9 Å². The first-order chi connectivity index (χ1) is 7.70. The van der Waals surface area contributed by atoms with Crippen LogP contribution in [-0.4, -0.2) is 18.8 Å². The average Bonchev–Trinajstić information content (AvgIpc) is 2.68. The zero-order valence-corrected chi connectivity index (χ0v) is 10.3. The van der Waals surface area contributed by atoms with E-state index in [0.717, 1.165) is 19.7 Å². The zero-order chi connectivity index (χ0) is 11.4. The number of aryl methyl sites for hydroxylation is 1. The highest BCUT2D eigenvalue weighted by Gasteiger charge is 2.28. The molecule has 1 aliphatic rings. The molecular weight excluding hydrogens is 198 g/mol. The fraction of sp³-hybridized carbons (Fsp3) is 0.571. The monoisotopic (exact) mass is 219 g/mol. The van der Waals surface area contributed by atoms with Crippen molar-refractivity contribution in [3.05, 3.63) is 35.4 Å². The molecule has 0 spiro atoms. The van der Waals surface area contributed by atoms with Crippen LogP contribution in [0.4, 0.5) is 0 Å². The molecule has 0 aromatic heterocycles. The van der Waals surface area contributed by atoms with Crippen molar-refractivity contribution in [1.82, 2.24) is 5.32 Å². The van der Waals surface area contributed by atoms with Gasteiger partial charge in [-0.3, -0.25) is 0 Å². The predicted molar refractivity (Wildman–Crippen MR) is 66.5 cm³/mol. The van der Waals surface area contributed by atoms with E-state index < -0.39 is 0 Å². The molecule has 1 N–H and O–H groups in total. The van der Waals surface area contributed by atoms with Crippen LogP contribution in [0.2, 0.25) is 0 Å². The van der Waals surface area contributed by atoms with Crippen molar-refractivity contribution >= 4 is 0 Å². The summed E-state index contributed by atoms with van der Waals surface area (Å²) in [5.74, 6) is 0. The Morgan fingerprint density at radius 2 is 2.19 bits per heavy atom. The Balaban J connectivity index is 1.82. The average molecular weight is 219 g/mol. The lowest BCUT2D eigenvalue weighted by molar-refractivity contribution is 0.0206. The lowest BCUT2D eigenvalue weighted by Gasteiger charge is -2.23. The van der Waals surface area contributed by atoms with E-state index in [1.54, 1.807) is 0 Å². The lowest BCUT2D eigenvalue weighted by Crippen LogP contribution is -2.36. The molecule has 2 heteroatoms. The van der Waals surface area contributed by atoms with Crippen LogP contribution in [0.3, 0.4) is 0 Å². The summed E-state index contributed by atoms with van der Waals surface area (Å²) in [5.41, 5.74) is 2.79. The van der Waals surface area contributed by atoms with Crippen molar-refractivity contribution in [3.8, 4) is 0 Å². The number of hydrogen-bond donors (Lipinski definition) is 1. The van der Waals surface area contributed by atoms with E-state index >= 15 is 0 Å². The maximum Gasteiger partial charge on any atom is 0.0779 e. The van der Waals surface area contributed by atoms with Crippen LogP contribution in [0.25, 0.3) is 0 Å². The van der Waals surface area contributed by atoms with Crippen molar-refractivity contribution in [3.63, 3.8) is 0 Å². The summed E-state index contributed by atoms with van der Waals surface area (Å²) >= 11 is 0. The highest BCUT2D eigenvalue weighted by Crippen LogP contribution is 2.24. The van der Waals surface area contributed by atoms with Crippen molar-refractivity contribution in [2.24, 2.45) is 0 Å². The van der Waals surface area contributed by atoms with Gasteiger partial charge in [0.15, 0.2) is 0 Å². The summed E-state index contributed by atoms with van der Waals surface area (Å²) in [6, 6.07) is 8.52. The van der Waals surface area contributed by atoms with E-state index in [-0.39, 0.29) is 5.60 Å². The van der Waals surface area contributed by atoms with E-state index in [1.807, 2.05) is 0 Å². The van der Waals surface area contributed by atoms with Gasteiger partial charge in [-0.05, 0) is 37.8 Å². The summed E-state index contributed by atoms with van der Waals surface area (Å²) in [4.78, 5) is 0. The second-order valence-electron chi connectivity index (χ2n) is 4.93. The fourth-order valence-corrected chi connectivity index (χ4v) is 2.25. The molecule has 0 amide bonds. The third kappa shape index (κ3) is 2.83. The van der Waals surface area contributed by atoms with Crippen LogP contribution in [0.15, 0.2) is 24.3 Å². The summed E-state index contributed by atoms with van der Waals surface area (Å²) in [6.45, 7) is 7.16. The van der Waals surface area contributed by atoms with Gasteiger partial charge in [0.05, 0.1) is 5.60 Å². The van der Waals surface area contributed by atoms with E-state index in [9.17, 15) is 0 Å². The minimum atomic E-state index is 0.0582. The number of rotatable bonds is 4. The van der Waals surface area contributed by atoms with Crippen molar-refractivity contribution in [2.45, 2.75) is 38.8 Å². The Kier molecular flexibility index (Phi) is 3.62. The molecule has 0 aliphatic carbocycles. The standard InChI is InChI=1S/C14H21NO/c1-12-6-3-4-7-13(12)10-15-11-14(2)8-5-9-16-14/h3-4,6-7,15H,5,8-11H2,1-2H3. The first-order valence-corrected chi connectivity index (χ1v) is 6.09. The van der Waals surface area contributed by atoms with E-state index in [1.165, 1.54) is 24.0 Å². The van der Waals surface area contributed by atoms with E-state index in [4.69, 9.17) is 4.74 Å². The van der Waals surface area contributed by atoms with Crippen LogP contribution in [0.5, 0.6) is 0 Å². The van der Waals surface area contributed by atoms with Gasteiger partial charge in [0.2, 0.25) is 0 Å². The van der Waals surface area contributed by atoms with Gasteiger partial charge in [-0.25, -0.2) is 0 Å². The largest absolute Gasteiger partial charge is 0.374 e. The topological polar surface area (TPSA) is 21.3 Å². The van der Waals surface area contributed by atoms with Gasteiger partial charge in [0, 0.05) is 19.7 Å². The third-order valence-corrected chi connectivity index (χ3v) is 3.38. The SMILES string of the molecule is Cc1ccccc1CNCC1(C)CCCO1. The molecule has 1 heterocycles. The molecule has 0 radical (unpaired) electrons. The number of benzene rings is 1. The molecule has 1 aromatic carbocycles. The second-order valence-corrected chi connectivity index (χ2v) is 4.93. The summed E-state index contributed by atoms with van der Waals surface area (Å²) in [5, 5.41) is 3.50. The first-order valence-electron chi connectivity index (χ1n) is 6.09. The fourth-order valence-electron chi connectivity index (χ4n) is 2.25. The van der Waals surface area contributed by atoms with Crippen LogP contribution in [-0.2, 0) is 11.3 Å². The van der Waals surface area contributed by atoms with E-state index in [0.29, 0.717) is 0 Å².